The fourth-order valence-corrected chi connectivity index (χ4v) is 3.10. The Labute approximate surface area is 148 Å². The highest BCUT2D eigenvalue weighted by molar-refractivity contribution is 7.89. The molecule has 10 nitrogen and oxygen atoms in total. The standard InChI is InChI=1S/C15H14N6O4S/c1-21(26(23,24)12-5-3-7-17-9-12)10-13(22)18-15-19-14(20-25-15)11-4-2-6-16-8-11/h2-9H,10H2,1H3,(H,18,19,20,22). The molecule has 1 amide bonds. The average Bonchev–Trinajstić information content (AvgIpc) is 3.11. The number of nitrogens with zero attached hydrogens (tertiary/aromatic N) is 5. The Morgan fingerprint density at radius 3 is 2.58 bits per heavy atom. The fourth-order valence-electron chi connectivity index (χ4n) is 2.01. The summed E-state index contributed by atoms with van der Waals surface area (Å²) in [7, 11) is -2.54. The van der Waals surface area contributed by atoms with Crippen LogP contribution in [0.4, 0.5) is 6.01 Å². The lowest BCUT2D eigenvalue weighted by Gasteiger charge is -2.15. The van der Waals surface area contributed by atoms with E-state index in [1.165, 1.54) is 31.6 Å². The van der Waals surface area contributed by atoms with Gasteiger partial charge in [0.2, 0.25) is 21.8 Å². The molecule has 0 atom stereocenters. The molecule has 0 fully saturated rings. The predicted molar refractivity (Wildman–Crippen MR) is 90.2 cm³/mol. The first-order chi connectivity index (χ1) is 12.5. The van der Waals surface area contributed by atoms with Crippen LogP contribution >= 0.6 is 0 Å². The predicted octanol–water partition coefficient (Wildman–Crippen LogP) is 0.786. The number of amides is 1. The summed E-state index contributed by atoms with van der Waals surface area (Å²) in [6, 6.07) is 6.20. The van der Waals surface area contributed by atoms with E-state index in [0.29, 0.717) is 5.56 Å². The zero-order valence-electron chi connectivity index (χ0n) is 13.6. The highest BCUT2D eigenvalue weighted by Crippen LogP contribution is 2.16. The molecule has 3 rings (SSSR count). The van der Waals surface area contributed by atoms with Gasteiger partial charge in [0.15, 0.2) is 0 Å². The van der Waals surface area contributed by atoms with Crippen molar-refractivity contribution in [1.82, 2.24) is 24.4 Å². The van der Waals surface area contributed by atoms with Crippen LogP contribution in [0.5, 0.6) is 0 Å². The van der Waals surface area contributed by atoms with Crippen LogP contribution in [0.15, 0.2) is 58.5 Å². The number of likely N-dealkylation sites (N-methyl/N-ethyl adjacent to an activating group) is 1. The summed E-state index contributed by atoms with van der Waals surface area (Å²) in [6.07, 6.45) is 5.82. The van der Waals surface area contributed by atoms with Gasteiger partial charge >= 0.3 is 6.01 Å². The SMILES string of the molecule is CN(CC(=O)Nc1nc(-c2cccnc2)no1)S(=O)(=O)c1cccnc1. The number of carbonyl (C=O) groups excluding carboxylic acids is 1. The van der Waals surface area contributed by atoms with E-state index in [2.05, 4.69) is 25.4 Å². The van der Waals surface area contributed by atoms with Gasteiger partial charge in [-0.15, -0.1) is 0 Å². The number of nitrogens with one attached hydrogen (secondary N) is 1. The largest absolute Gasteiger partial charge is 0.328 e. The molecule has 0 aliphatic heterocycles. The lowest BCUT2D eigenvalue weighted by atomic mass is 10.3. The summed E-state index contributed by atoms with van der Waals surface area (Å²) in [5.74, 6) is -0.369. The number of hydrogen-bond donors (Lipinski definition) is 1. The molecule has 0 aromatic carbocycles. The van der Waals surface area contributed by atoms with Crippen LogP contribution in [0.1, 0.15) is 0 Å². The van der Waals surface area contributed by atoms with Gasteiger partial charge < -0.3 is 4.52 Å². The zero-order chi connectivity index (χ0) is 18.6. The van der Waals surface area contributed by atoms with Gasteiger partial charge in [-0.1, -0.05) is 5.16 Å². The van der Waals surface area contributed by atoms with Crippen LogP contribution < -0.4 is 5.32 Å². The van der Waals surface area contributed by atoms with Crippen molar-refractivity contribution in [3.63, 3.8) is 0 Å². The molecule has 3 heterocycles. The van der Waals surface area contributed by atoms with Gasteiger partial charge in [-0.3, -0.25) is 20.1 Å². The van der Waals surface area contributed by atoms with E-state index < -0.39 is 22.5 Å². The molecular weight excluding hydrogens is 360 g/mol. The van der Waals surface area contributed by atoms with Crippen LogP contribution in [0, 0.1) is 0 Å². The molecule has 0 bridgehead atoms. The monoisotopic (exact) mass is 374 g/mol. The molecule has 0 saturated heterocycles. The molecule has 0 aliphatic carbocycles. The first-order valence-electron chi connectivity index (χ1n) is 7.37. The Hall–Kier alpha value is -3.18. The second kappa shape index (κ2) is 7.37. The number of rotatable bonds is 6. The molecule has 0 aliphatic rings. The van der Waals surface area contributed by atoms with E-state index in [1.807, 2.05) is 0 Å². The van der Waals surface area contributed by atoms with Crippen molar-refractivity contribution in [1.29, 1.82) is 0 Å². The lowest BCUT2D eigenvalue weighted by Crippen LogP contribution is -2.35. The van der Waals surface area contributed by atoms with Crippen LogP contribution in [-0.4, -0.2) is 52.3 Å². The topological polar surface area (TPSA) is 131 Å². The second-order valence-corrected chi connectivity index (χ2v) is 7.21. The van der Waals surface area contributed by atoms with Gasteiger partial charge in [-0.05, 0) is 24.3 Å². The number of pyridine rings is 2. The average molecular weight is 374 g/mol. The minimum Gasteiger partial charge on any atom is -0.315 e. The van der Waals surface area contributed by atoms with Gasteiger partial charge in [0.25, 0.3) is 0 Å². The summed E-state index contributed by atoms with van der Waals surface area (Å²) in [5.41, 5.74) is 0.619. The van der Waals surface area contributed by atoms with E-state index in [-0.39, 0.29) is 16.7 Å². The molecule has 134 valence electrons. The van der Waals surface area contributed by atoms with Crippen molar-refractivity contribution in [2.75, 3.05) is 18.9 Å². The van der Waals surface area contributed by atoms with Crippen molar-refractivity contribution >= 4 is 21.9 Å². The molecule has 26 heavy (non-hydrogen) atoms. The van der Waals surface area contributed by atoms with Crippen molar-refractivity contribution in [3.05, 3.63) is 49.1 Å². The number of anilines is 1. The molecule has 0 radical (unpaired) electrons. The molecular formula is C15H14N6O4S. The first kappa shape index (κ1) is 17.6. The highest BCUT2D eigenvalue weighted by Gasteiger charge is 2.23. The molecule has 3 aromatic heterocycles. The number of hydrogen-bond acceptors (Lipinski definition) is 8. The third-order valence-electron chi connectivity index (χ3n) is 3.30. The summed E-state index contributed by atoms with van der Waals surface area (Å²) in [4.78, 5) is 23.8. The van der Waals surface area contributed by atoms with Gasteiger partial charge in [0.05, 0.1) is 6.54 Å². The van der Waals surface area contributed by atoms with Crippen LogP contribution in [0.2, 0.25) is 0 Å². The Bertz CT molecular complexity index is 991. The van der Waals surface area contributed by atoms with E-state index >= 15 is 0 Å². The smallest absolute Gasteiger partial charge is 0.315 e. The first-order valence-corrected chi connectivity index (χ1v) is 8.81. The van der Waals surface area contributed by atoms with Gasteiger partial charge in [0, 0.05) is 37.4 Å². The van der Waals surface area contributed by atoms with Crippen molar-refractivity contribution in [3.8, 4) is 11.4 Å². The Balaban J connectivity index is 1.65. The highest BCUT2D eigenvalue weighted by atomic mass is 32.2. The summed E-state index contributed by atoms with van der Waals surface area (Å²) >= 11 is 0. The van der Waals surface area contributed by atoms with Crippen molar-refractivity contribution in [2.45, 2.75) is 4.90 Å². The third-order valence-corrected chi connectivity index (χ3v) is 5.09. The maximum Gasteiger partial charge on any atom is 0.328 e. The summed E-state index contributed by atoms with van der Waals surface area (Å²) < 4.78 is 30.6. The van der Waals surface area contributed by atoms with Gasteiger partial charge in [0.1, 0.15) is 4.90 Å². The van der Waals surface area contributed by atoms with Crippen LogP contribution in [-0.2, 0) is 14.8 Å². The van der Waals surface area contributed by atoms with Crippen molar-refractivity contribution in [2.24, 2.45) is 0 Å². The molecule has 3 aromatic rings. The minimum absolute atomic E-state index is 0.00745. The van der Waals surface area contributed by atoms with E-state index in [4.69, 9.17) is 4.52 Å². The van der Waals surface area contributed by atoms with E-state index in [1.54, 1.807) is 24.5 Å². The van der Waals surface area contributed by atoms with Crippen molar-refractivity contribution < 1.29 is 17.7 Å². The quantitative estimate of drug-likeness (QED) is 0.670. The maximum atomic E-state index is 12.4. The van der Waals surface area contributed by atoms with Gasteiger partial charge in [-0.2, -0.15) is 9.29 Å². The molecule has 0 spiro atoms. The minimum atomic E-state index is -3.83. The number of carbonyl (C=O) groups is 1. The van der Waals surface area contributed by atoms with Crippen LogP contribution in [0.3, 0.4) is 0 Å². The molecule has 0 saturated carbocycles. The third kappa shape index (κ3) is 3.90. The molecule has 1 N–H and O–H groups in total. The van der Waals surface area contributed by atoms with E-state index in [9.17, 15) is 13.2 Å². The fraction of sp³-hybridized carbons (Fsp3) is 0.133. The Morgan fingerprint density at radius 1 is 1.19 bits per heavy atom. The Morgan fingerprint density at radius 2 is 1.92 bits per heavy atom. The number of aromatic nitrogens is 4. The summed E-state index contributed by atoms with van der Waals surface area (Å²) in [6.45, 7) is -0.429. The normalized spacial score (nSPS) is 11.5. The Kier molecular flexibility index (Phi) is 5.00. The zero-order valence-corrected chi connectivity index (χ0v) is 14.4. The number of sulfonamides is 1. The molecule has 11 heteroatoms. The van der Waals surface area contributed by atoms with Crippen LogP contribution in [0.25, 0.3) is 11.4 Å². The second-order valence-electron chi connectivity index (χ2n) is 5.16. The molecule has 0 unspecified atom stereocenters. The van der Waals surface area contributed by atoms with E-state index in [0.717, 1.165) is 4.31 Å². The summed E-state index contributed by atoms with van der Waals surface area (Å²) in [5, 5.41) is 6.10. The lowest BCUT2D eigenvalue weighted by molar-refractivity contribution is -0.116. The van der Waals surface area contributed by atoms with Gasteiger partial charge in [-0.25, -0.2) is 8.42 Å². The maximum absolute atomic E-state index is 12.4.